The normalized spacial score (nSPS) is 11.1. The van der Waals surface area contributed by atoms with Gasteiger partial charge in [-0.25, -0.2) is 0 Å². The second-order valence-corrected chi connectivity index (χ2v) is 8.08. The number of nitriles is 1. The van der Waals surface area contributed by atoms with Gasteiger partial charge in [0.25, 0.3) is 5.91 Å². The van der Waals surface area contributed by atoms with E-state index in [0.717, 1.165) is 22.0 Å². The van der Waals surface area contributed by atoms with Crippen molar-refractivity contribution in [1.82, 2.24) is 14.8 Å². The van der Waals surface area contributed by atoms with Crippen LogP contribution in [0.25, 0.3) is 11.8 Å². The van der Waals surface area contributed by atoms with Gasteiger partial charge < -0.3 is 9.30 Å². The number of carbonyl (C=O) groups excluding carboxylic acids is 1. The largest absolute Gasteiger partial charge is 0.494 e. The second kappa shape index (κ2) is 10.4. The Bertz CT molecular complexity index is 1300. The molecule has 7 nitrogen and oxygen atoms in total. The molecule has 0 radical (unpaired) electrons. The first-order chi connectivity index (χ1) is 16.2. The zero-order valence-corrected chi connectivity index (χ0v) is 18.7. The minimum absolute atomic E-state index is 0.0271. The highest BCUT2D eigenvalue weighted by molar-refractivity contribution is 7.15. The monoisotopic (exact) mass is 455 g/mol. The van der Waals surface area contributed by atoms with Crippen molar-refractivity contribution < 1.29 is 9.53 Å². The molecule has 8 heteroatoms. The number of carbonyl (C=O) groups is 1. The predicted molar refractivity (Wildman–Crippen MR) is 128 cm³/mol. The van der Waals surface area contributed by atoms with Crippen molar-refractivity contribution in [3.05, 3.63) is 94.8 Å². The molecule has 33 heavy (non-hydrogen) atoms. The molecular weight excluding hydrogens is 434 g/mol. The van der Waals surface area contributed by atoms with E-state index in [0.29, 0.717) is 23.9 Å². The third kappa shape index (κ3) is 5.53. The summed E-state index contributed by atoms with van der Waals surface area (Å²) in [5, 5.41) is 21.6. The first-order valence-corrected chi connectivity index (χ1v) is 11.2. The Morgan fingerprint density at radius 2 is 1.91 bits per heavy atom. The first kappa shape index (κ1) is 22.0. The third-order valence-corrected chi connectivity index (χ3v) is 5.59. The molecule has 2 heterocycles. The summed E-state index contributed by atoms with van der Waals surface area (Å²) in [5.74, 6) is 0.255. The number of nitrogens with zero attached hydrogens (tertiary/aromatic N) is 4. The summed E-state index contributed by atoms with van der Waals surface area (Å²) in [4.78, 5) is 12.7. The Hall–Kier alpha value is -4.22. The van der Waals surface area contributed by atoms with Crippen LogP contribution in [0.2, 0.25) is 0 Å². The van der Waals surface area contributed by atoms with Crippen molar-refractivity contribution in [2.24, 2.45) is 0 Å². The number of anilines is 1. The van der Waals surface area contributed by atoms with Crippen LogP contribution in [0.3, 0.4) is 0 Å². The number of hydrogen-bond acceptors (Lipinski definition) is 6. The number of amides is 1. The van der Waals surface area contributed by atoms with E-state index in [-0.39, 0.29) is 5.57 Å². The van der Waals surface area contributed by atoms with Crippen molar-refractivity contribution in [2.75, 3.05) is 11.9 Å². The number of aromatic nitrogens is 3. The minimum Gasteiger partial charge on any atom is -0.494 e. The summed E-state index contributed by atoms with van der Waals surface area (Å²) >= 11 is 1.29. The Labute approximate surface area is 195 Å². The lowest BCUT2D eigenvalue weighted by atomic mass is 10.2. The van der Waals surface area contributed by atoms with Crippen LogP contribution in [0.5, 0.6) is 5.75 Å². The van der Waals surface area contributed by atoms with E-state index < -0.39 is 5.91 Å². The van der Waals surface area contributed by atoms with Gasteiger partial charge in [-0.1, -0.05) is 41.7 Å². The van der Waals surface area contributed by atoms with E-state index in [4.69, 9.17) is 4.74 Å². The molecule has 0 bridgehead atoms. The smallest absolute Gasteiger partial charge is 0.268 e. The van der Waals surface area contributed by atoms with E-state index >= 15 is 0 Å². The van der Waals surface area contributed by atoms with E-state index in [1.165, 1.54) is 11.3 Å². The van der Waals surface area contributed by atoms with Gasteiger partial charge in [-0.3, -0.25) is 10.1 Å². The van der Waals surface area contributed by atoms with Crippen molar-refractivity contribution in [2.45, 2.75) is 13.3 Å². The summed E-state index contributed by atoms with van der Waals surface area (Å²) in [7, 11) is 0. The zero-order valence-electron chi connectivity index (χ0n) is 17.9. The van der Waals surface area contributed by atoms with Crippen LogP contribution in [0.4, 0.5) is 5.13 Å². The fourth-order valence-corrected chi connectivity index (χ4v) is 3.99. The van der Waals surface area contributed by atoms with Gasteiger partial charge in [-0.2, -0.15) is 5.26 Å². The fraction of sp³-hybridized carbons (Fsp3) is 0.120. The van der Waals surface area contributed by atoms with Gasteiger partial charge in [0.2, 0.25) is 5.13 Å². The van der Waals surface area contributed by atoms with E-state index in [1.807, 2.05) is 90.5 Å². The van der Waals surface area contributed by atoms with Gasteiger partial charge >= 0.3 is 0 Å². The lowest BCUT2D eigenvalue weighted by Gasteiger charge is -2.09. The molecule has 0 aliphatic carbocycles. The summed E-state index contributed by atoms with van der Waals surface area (Å²) in [5.41, 5.74) is 2.68. The topological polar surface area (TPSA) is 92.8 Å². The Morgan fingerprint density at radius 1 is 1.12 bits per heavy atom. The molecular formula is C25H21N5O2S. The molecule has 4 rings (SSSR count). The molecule has 164 valence electrons. The van der Waals surface area contributed by atoms with Crippen molar-refractivity contribution in [3.63, 3.8) is 0 Å². The minimum atomic E-state index is -0.528. The van der Waals surface area contributed by atoms with Gasteiger partial charge in [0.1, 0.15) is 22.4 Å². The molecule has 0 saturated heterocycles. The van der Waals surface area contributed by atoms with Gasteiger partial charge in [0, 0.05) is 24.0 Å². The molecule has 0 atom stereocenters. The highest BCUT2D eigenvalue weighted by Gasteiger charge is 2.14. The molecule has 0 spiro atoms. The molecule has 4 aromatic rings. The Morgan fingerprint density at radius 3 is 2.64 bits per heavy atom. The predicted octanol–water partition coefficient (Wildman–Crippen LogP) is 4.86. The maximum atomic E-state index is 12.7. The maximum Gasteiger partial charge on any atom is 0.268 e. The quantitative estimate of drug-likeness (QED) is 0.302. The van der Waals surface area contributed by atoms with Crippen molar-refractivity contribution in [1.29, 1.82) is 5.26 Å². The third-order valence-electron chi connectivity index (χ3n) is 4.75. The summed E-state index contributed by atoms with van der Waals surface area (Å²) in [6.07, 6.45) is 4.05. The van der Waals surface area contributed by atoms with Crippen molar-refractivity contribution >= 4 is 28.5 Å². The number of benzene rings is 2. The summed E-state index contributed by atoms with van der Waals surface area (Å²) < 4.78 is 7.38. The van der Waals surface area contributed by atoms with Crippen LogP contribution in [-0.2, 0) is 11.2 Å². The number of nitrogens with one attached hydrogen (secondary N) is 1. The number of rotatable bonds is 8. The van der Waals surface area contributed by atoms with Crippen LogP contribution in [0, 0.1) is 11.3 Å². The fourth-order valence-electron chi connectivity index (χ4n) is 3.22. The lowest BCUT2D eigenvalue weighted by Crippen LogP contribution is -2.13. The SMILES string of the molecule is CCOc1ccc(-n2cccc2/C=C(/C#N)C(=O)Nc2nnc(Cc3ccccc3)s2)cc1. The molecule has 0 fully saturated rings. The van der Waals surface area contributed by atoms with Gasteiger partial charge in [-0.15, -0.1) is 10.2 Å². The maximum absolute atomic E-state index is 12.7. The highest BCUT2D eigenvalue weighted by atomic mass is 32.1. The van der Waals surface area contributed by atoms with E-state index in [9.17, 15) is 10.1 Å². The first-order valence-electron chi connectivity index (χ1n) is 10.4. The van der Waals surface area contributed by atoms with E-state index in [2.05, 4.69) is 15.5 Å². The van der Waals surface area contributed by atoms with E-state index in [1.54, 1.807) is 6.08 Å². The van der Waals surface area contributed by atoms with Crippen LogP contribution >= 0.6 is 11.3 Å². The lowest BCUT2D eigenvalue weighted by molar-refractivity contribution is -0.112. The van der Waals surface area contributed by atoms with Crippen LogP contribution in [-0.4, -0.2) is 27.3 Å². The average molecular weight is 456 g/mol. The van der Waals surface area contributed by atoms with Gasteiger partial charge in [0.15, 0.2) is 0 Å². The summed E-state index contributed by atoms with van der Waals surface area (Å²) in [6, 6.07) is 23.2. The molecule has 0 unspecified atom stereocenters. The van der Waals surface area contributed by atoms with Gasteiger partial charge in [-0.05, 0) is 55.0 Å². The molecule has 0 aliphatic rings. The molecule has 0 saturated carbocycles. The number of hydrogen-bond donors (Lipinski definition) is 1. The standard InChI is InChI=1S/C25H21N5O2S/c1-2-32-22-12-10-20(11-13-22)30-14-6-9-21(30)16-19(17-26)24(31)27-25-29-28-23(33-25)15-18-7-4-3-5-8-18/h3-14,16H,2,15H2,1H3,(H,27,29,31)/b19-16-. The van der Waals surface area contributed by atoms with Crippen molar-refractivity contribution in [3.8, 4) is 17.5 Å². The Balaban J connectivity index is 1.48. The molecule has 0 aliphatic heterocycles. The summed E-state index contributed by atoms with van der Waals surface area (Å²) in [6.45, 7) is 2.53. The zero-order chi connectivity index (χ0) is 23.0. The van der Waals surface area contributed by atoms with Crippen LogP contribution in [0.1, 0.15) is 23.2 Å². The molecule has 2 aromatic heterocycles. The second-order valence-electron chi connectivity index (χ2n) is 7.02. The molecule has 1 N–H and O–H groups in total. The average Bonchev–Trinajstić information content (AvgIpc) is 3.48. The molecule has 2 aromatic carbocycles. The highest BCUT2D eigenvalue weighted by Crippen LogP contribution is 2.21. The van der Waals surface area contributed by atoms with Gasteiger partial charge in [0.05, 0.1) is 6.61 Å². The Kier molecular flexibility index (Phi) is 6.93. The van der Waals surface area contributed by atoms with Crippen LogP contribution in [0.15, 0.2) is 78.5 Å². The number of ether oxygens (including phenoxy) is 1. The van der Waals surface area contributed by atoms with Crippen LogP contribution < -0.4 is 10.1 Å². The molecule has 1 amide bonds.